The highest BCUT2D eigenvalue weighted by molar-refractivity contribution is 5.99. The number of allylic oxidation sites excluding steroid dienone is 1. The number of benzene rings is 3. The first-order valence-electron chi connectivity index (χ1n) is 14.1. The number of hydrogen-bond donors (Lipinski definition) is 2. The van der Waals surface area contributed by atoms with Crippen LogP contribution in [0.5, 0.6) is 0 Å². The Kier molecular flexibility index (Phi) is 8.91. The van der Waals surface area contributed by atoms with Crippen LogP contribution < -0.4 is 15.5 Å². The molecule has 8 heteroatoms. The number of aldehydes is 1. The molecule has 0 atom stereocenters. The number of fused-ring (bicyclic) bond motifs is 1. The summed E-state index contributed by atoms with van der Waals surface area (Å²) in [6.45, 7) is 7.68. The Hall–Kier alpha value is -4.27. The monoisotopic (exact) mass is 551 g/mol. The molecule has 3 aromatic rings. The van der Waals surface area contributed by atoms with Crippen molar-refractivity contribution in [3.8, 4) is 0 Å². The van der Waals surface area contributed by atoms with Gasteiger partial charge in [-0.2, -0.15) is 0 Å². The van der Waals surface area contributed by atoms with Gasteiger partial charge in [-0.25, -0.2) is 0 Å². The maximum Gasteiger partial charge on any atom is 0.211 e. The molecular formula is C33H37N5O3. The Morgan fingerprint density at radius 2 is 1.68 bits per heavy atom. The van der Waals surface area contributed by atoms with Crippen LogP contribution in [0.3, 0.4) is 0 Å². The highest BCUT2D eigenvalue weighted by Gasteiger charge is 2.24. The molecule has 0 spiro atoms. The maximum absolute atomic E-state index is 12.9. The van der Waals surface area contributed by atoms with Crippen LogP contribution in [0.2, 0.25) is 0 Å². The number of anilines is 3. The van der Waals surface area contributed by atoms with Gasteiger partial charge in [0.2, 0.25) is 6.41 Å². The van der Waals surface area contributed by atoms with E-state index in [9.17, 15) is 14.4 Å². The van der Waals surface area contributed by atoms with Crippen molar-refractivity contribution in [1.82, 2.24) is 9.80 Å². The predicted octanol–water partition coefficient (Wildman–Crippen LogP) is 4.25. The number of nitrogens with one attached hydrogen (secondary N) is 2. The van der Waals surface area contributed by atoms with Crippen LogP contribution in [-0.2, 0) is 16.0 Å². The third kappa shape index (κ3) is 6.73. The van der Waals surface area contributed by atoms with Gasteiger partial charge in [-0.05, 0) is 61.4 Å². The first-order valence-corrected chi connectivity index (χ1v) is 14.1. The molecule has 0 unspecified atom stereocenters. The van der Waals surface area contributed by atoms with E-state index in [1.807, 2.05) is 43.3 Å². The van der Waals surface area contributed by atoms with Gasteiger partial charge in [0.1, 0.15) is 6.29 Å². The summed E-state index contributed by atoms with van der Waals surface area (Å²) < 4.78 is 0. The molecule has 1 fully saturated rings. The van der Waals surface area contributed by atoms with Gasteiger partial charge in [0, 0.05) is 66.6 Å². The highest BCUT2D eigenvalue weighted by atomic mass is 16.1. The molecule has 1 amide bonds. The van der Waals surface area contributed by atoms with Gasteiger partial charge in [0.25, 0.3) is 0 Å². The normalized spacial score (nSPS) is 16.1. The number of nitrogens with zero attached hydrogens (tertiary/aromatic N) is 3. The lowest BCUT2D eigenvalue weighted by atomic mass is 9.97. The molecule has 2 aliphatic heterocycles. The molecule has 212 valence electrons. The van der Waals surface area contributed by atoms with Crippen LogP contribution >= 0.6 is 0 Å². The number of carbonyl (C=O) groups excluding carboxylic acids is 3. The van der Waals surface area contributed by atoms with Gasteiger partial charge >= 0.3 is 0 Å². The van der Waals surface area contributed by atoms with Crippen LogP contribution in [0.25, 0.3) is 11.3 Å². The summed E-state index contributed by atoms with van der Waals surface area (Å²) in [5, 5.41) is 6.38. The molecule has 0 aromatic heterocycles. The zero-order valence-corrected chi connectivity index (χ0v) is 23.7. The summed E-state index contributed by atoms with van der Waals surface area (Å²) in [7, 11) is 2.12. The number of ketones is 1. The van der Waals surface area contributed by atoms with Crippen molar-refractivity contribution < 1.29 is 14.4 Å². The third-order valence-electron chi connectivity index (χ3n) is 7.94. The Bertz CT molecular complexity index is 1440. The van der Waals surface area contributed by atoms with E-state index >= 15 is 0 Å². The van der Waals surface area contributed by atoms with Gasteiger partial charge in [-0.1, -0.05) is 42.5 Å². The standard InChI is InChI=1S/C33H37N5O3/c1-24(30-10-8-25(22-39)18-31(30)34-23-40)33(26-6-4-3-5-7-26)35-28-9-11-32-27(19-28)12-13-38(32)21-29(41)20-37-16-14-36(2)15-17-37/h3-11,18-19,22-23,35H,12-17,20-21H2,1-2H3,(H,34,40)/b33-24+. The number of likely N-dealkylation sites (N-methyl/N-ethyl adjacent to an activating group) is 1. The van der Waals surface area contributed by atoms with Crippen molar-refractivity contribution in [2.75, 3.05) is 68.4 Å². The summed E-state index contributed by atoms with van der Waals surface area (Å²) in [4.78, 5) is 42.3. The van der Waals surface area contributed by atoms with Crippen LogP contribution in [0.15, 0.2) is 66.7 Å². The van der Waals surface area contributed by atoms with Crippen molar-refractivity contribution in [3.05, 3.63) is 89.0 Å². The summed E-state index contributed by atoms with van der Waals surface area (Å²) in [6.07, 6.45) is 2.28. The molecule has 3 aromatic carbocycles. The number of piperazine rings is 1. The lowest BCUT2D eigenvalue weighted by molar-refractivity contribution is -0.119. The minimum absolute atomic E-state index is 0.259. The second kappa shape index (κ2) is 12.9. The molecule has 0 saturated carbocycles. The minimum Gasteiger partial charge on any atom is -0.364 e. The van der Waals surface area contributed by atoms with E-state index in [1.165, 1.54) is 5.56 Å². The average molecular weight is 552 g/mol. The van der Waals surface area contributed by atoms with E-state index in [0.717, 1.165) is 79.2 Å². The van der Waals surface area contributed by atoms with Crippen molar-refractivity contribution in [3.63, 3.8) is 0 Å². The predicted molar refractivity (Wildman–Crippen MR) is 165 cm³/mol. The molecule has 0 aliphatic carbocycles. The van der Waals surface area contributed by atoms with Crippen molar-refractivity contribution in [1.29, 1.82) is 0 Å². The van der Waals surface area contributed by atoms with Gasteiger partial charge in [0.15, 0.2) is 5.78 Å². The second-order valence-corrected chi connectivity index (χ2v) is 10.8. The number of rotatable bonds is 11. The van der Waals surface area contributed by atoms with Crippen molar-refractivity contribution >= 4 is 46.8 Å². The SMILES string of the molecule is C/C(=C(\Nc1ccc2c(c1)CCN2CC(=O)CN1CCN(C)CC1)c1ccccc1)c1ccc(C=O)cc1NC=O. The van der Waals surface area contributed by atoms with Gasteiger partial charge in [-0.15, -0.1) is 0 Å². The Balaban J connectivity index is 1.37. The summed E-state index contributed by atoms with van der Waals surface area (Å²) in [5.41, 5.74) is 7.98. The van der Waals surface area contributed by atoms with Crippen molar-refractivity contribution in [2.45, 2.75) is 13.3 Å². The van der Waals surface area contributed by atoms with Gasteiger partial charge < -0.3 is 20.4 Å². The number of Topliss-reactive ketones (excluding diaryl/α,β-unsaturated/α-hetero) is 1. The molecule has 2 aliphatic rings. The largest absolute Gasteiger partial charge is 0.364 e. The third-order valence-corrected chi connectivity index (χ3v) is 7.94. The zero-order valence-electron chi connectivity index (χ0n) is 23.7. The topological polar surface area (TPSA) is 85.0 Å². The van der Waals surface area contributed by atoms with E-state index in [4.69, 9.17) is 0 Å². The fourth-order valence-corrected chi connectivity index (χ4v) is 5.64. The van der Waals surface area contributed by atoms with Gasteiger partial charge in [-0.3, -0.25) is 19.3 Å². The van der Waals surface area contributed by atoms with E-state index in [-0.39, 0.29) is 5.78 Å². The van der Waals surface area contributed by atoms with E-state index in [0.29, 0.717) is 30.8 Å². The Labute approximate surface area is 241 Å². The van der Waals surface area contributed by atoms with E-state index < -0.39 is 0 Å². The minimum atomic E-state index is 0.259. The number of hydrogen-bond acceptors (Lipinski definition) is 7. The molecule has 41 heavy (non-hydrogen) atoms. The first kappa shape index (κ1) is 28.3. The van der Waals surface area contributed by atoms with Crippen LogP contribution in [-0.4, -0.2) is 81.1 Å². The fourth-order valence-electron chi connectivity index (χ4n) is 5.64. The van der Waals surface area contributed by atoms with E-state index in [2.05, 4.69) is 50.6 Å². The summed E-state index contributed by atoms with van der Waals surface area (Å²) >= 11 is 0. The van der Waals surface area contributed by atoms with E-state index in [1.54, 1.807) is 12.1 Å². The average Bonchev–Trinajstić information content (AvgIpc) is 3.38. The van der Waals surface area contributed by atoms with Crippen LogP contribution in [0.1, 0.15) is 34.0 Å². The molecule has 8 nitrogen and oxygen atoms in total. The zero-order chi connectivity index (χ0) is 28.8. The lowest BCUT2D eigenvalue weighted by Crippen LogP contribution is -2.47. The van der Waals surface area contributed by atoms with Gasteiger partial charge in [0.05, 0.1) is 13.1 Å². The molecule has 0 bridgehead atoms. The first-order chi connectivity index (χ1) is 19.9. The molecule has 2 heterocycles. The Morgan fingerprint density at radius 3 is 2.41 bits per heavy atom. The second-order valence-electron chi connectivity index (χ2n) is 10.8. The fraction of sp³-hybridized carbons (Fsp3) is 0.303. The number of carbonyl (C=O) groups is 3. The highest BCUT2D eigenvalue weighted by Crippen LogP contribution is 2.35. The summed E-state index contributed by atoms with van der Waals surface area (Å²) in [6, 6.07) is 21.6. The molecular weight excluding hydrogens is 514 g/mol. The quantitative estimate of drug-likeness (QED) is 0.272. The number of amides is 1. The van der Waals surface area contributed by atoms with Crippen molar-refractivity contribution in [2.24, 2.45) is 0 Å². The smallest absolute Gasteiger partial charge is 0.211 e. The van der Waals surface area contributed by atoms with Crippen LogP contribution in [0, 0.1) is 0 Å². The lowest BCUT2D eigenvalue weighted by Gasteiger charge is -2.32. The van der Waals surface area contributed by atoms with Crippen LogP contribution in [0.4, 0.5) is 17.1 Å². The maximum atomic E-state index is 12.9. The Morgan fingerprint density at radius 1 is 0.902 bits per heavy atom. The summed E-state index contributed by atoms with van der Waals surface area (Å²) in [5.74, 6) is 0.259. The molecule has 1 saturated heterocycles. The molecule has 0 radical (unpaired) electrons. The molecule has 2 N–H and O–H groups in total. The molecule has 5 rings (SSSR count).